The minimum Gasteiger partial charge on any atom is -0.387 e. The zero-order chi connectivity index (χ0) is 17.0. The van der Waals surface area contributed by atoms with Gasteiger partial charge in [0, 0.05) is 29.4 Å². The molecule has 1 amide bonds. The van der Waals surface area contributed by atoms with Crippen molar-refractivity contribution in [1.82, 2.24) is 9.88 Å². The Morgan fingerprint density at radius 2 is 1.96 bits per heavy atom. The van der Waals surface area contributed by atoms with Crippen LogP contribution in [-0.2, 0) is 0 Å². The number of para-hydroxylation sites is 1. The molecule has 0 saturated heterocycles. The number of aryl methyl sites for hydroxylation is 1. The van der Waals surface area contributed by atoms with Crippen LogP contribution in [0, 0.1) is 13.8 Å². The molecular weight excluding hydrogens is 308 g/mol. The van der Waals surface area contributed by atoms with Gasteiger partial charge in [-0.2, -0.15) is 11.8 Å². The second kappa shape index (κ2) is 7.23. The van der Waals surface area contributed by atoms with Gasteiger partial charge < -0.3 is 15.0 Å². The number of carbonyl (C=O) groups excluding carboxylic acids is 1. The number of amides is 1. The van der Waals surface area contributed by atoms with Crippen LogP contribution in [0.2, 0.25) is 0 Å². The van der Waals surface area contributed by atoms with Crippen LogP contribution in [0.5, 0.6) is 0 Å². The van der Waals surface area contributed by atoms with Crippen LogP contribution >= 0.6 is 11.8 Å². The van der Waals surface area contributed by atoms with Crippen molar-refractivity contribution in [3.63, 3.8) is 0 Å². The van der Waals surface area contributed by atoms with E-state index < -0.39 is 5.60 Å². The Balaban J connectivity index is 2.20. The molecule has 1 aromatic heterocycles. The molecule has 0 aliphatic rings. The molecule has 0 bridgehead atoms. The van der Waals surface area contributed by atoms with Crippen LogP contribution in [0.1, 0.15) is 28.7 Å². The predicted molar refractivity (Wildman–Crippen MR) is 96.6 cm³/mol. The summed E-state index contributed by atoms with van der Waals surface area (Å²) in [5.41, 5.74) is 2.69. The highest BCUT2D eigenvalue weighted by molar-refractivity contribution is 7.98. The summed E-state index contributed by atoms with van der Waals surface area (Å²) in [5, 5.41) is 13.0. The average Bonchev–Trinajstić information content (AvgIpc) is 2.81. The van der Waals surface area contributed by atoms with Crippen molar-refractivity contribution in [2.24, 2.45) is 0 Å². The molecule has 4 nitrogen and oxygen atoms in total. The number of carbonyl (C=O) groups is 1. The van der Waals surface area contributed by atoms with Crippen LogP contribution in [0.3, 0.4) is 0 Å². The maximum atomic E-state index is 12.5. The van der Waals surface area contributed by atoms with Gasteiger partial charge in [-0.15, -0.1) is 0 Å². The van der Waals surface area contributed by atoms with Gasteiger partial charge in [-0.3, -0.25) is 4.79 Å². The maximum Gasteiger partial charge on any atom is 0.253 e. The number of benzene rings is 1. The summed E-state index contributed by atoms with van der Waals surface area (Å²) in [6, 6.07) is 11.9. The molecule has 1 aromatic carbocycles. The van der Waals surface area contributed by atoms with Gasteiger partial charge in [-0.05, 0) is 45.2 Å². The minimum atomic E-state index is -0.903. The molecular formula is C18H24N2O2S. The second-order valence-corrected chi connectivity index (χ2v) is 6.93. The van der Waals surface area contributed by atoms with E-state index in [9.17, 15) is 9.90 Å². The Bertz CT molecular complexity index is 678. The molecule has 5 heteroatoms. The van der Waals surface area contributed by atoms with Gasteiger partial charge in [0.25, 0.3) is 5.91 Å². The van der Waals surface area contributed by atoms with E-state index in [0.717, 1.165) is 17.1 Å². The van der Waals surface area contributed by atoms with Crippen molar-refractivity contribution in [3.8, 4) is 5.69 Å². The van der Waals surface area contributed by atoms with Gasteiger partial charge in [-0.25, -0.2) is 0 Å². The highest BCUT2D eigenvalue weighted by Gasteiger charge is 2.22. The smallest absolute Gasteiger partial charge is 0.253 e. The molecule has 23 heavy (non-hydrogen) atoms. The van der Waals surface area contributed by atoms with E-state index in [-0.39, 0.29) is 12.5 Å². The first-order valence-corrected chi connectivity index (χ1v) is 8.99. The number of aliphatic hydroxyl groups is 1. The van der Waals surface area contributed by atoms with Crippen LogP contribution in [-0.4, -0.2) is 39.7 Å². The van der Waals surface area contributed by atoms with E-state index in [0.29, 0.717) is 11.3 Å². The fraction of sp³-hybridized carbons (Fsp3) is 0.389. The van der Waals surface area contributed by atoms with E-state index in [1.54, 1.807) is 18.7 Å². The van der Waals surface area contributed by atoms with Crippen molar-refractivity contribution in [2.75, 3.05) is 18.6 Å². The minimum absolute atomic E-state index is 0.151. The number of hydrogen-bond acceptors (Lipinski definition) is 3. The zero-order valence-electron chi connectivity index (χ0n) is 14.1. The van der Waals surface area contributed by atoms with Gasteiger partial charge in [0.15, 0.2) is 0 Å². The topological polar surface area (TPSA) is 54.3 Å². The van der Waals surface area contributed by atoms with Crippen LogP contribution < -0.4 is 5.32 Å². The number of rotatable bonds is 6. The van der Waals surface area contributed by atoms with Gasteiger partial charge in [-0.1, -0.05) is 18.2 Å². The summed E-state index contributed by atoms with van der Waals surface area (Å²) < 4.78 is 2.06. The Kier molecular flexibility index (Phi) is 5.55. The third kappa shape index (κ3) is 4.18. The summed E-state index contributed by atoms with van der Waals surface area (Å²) in [6.07, 6.45) is 1.93. The normalized spacial score (nSPS) is 13.6. The lowest BCUT2D eigenvalue weighted by atomic mass is 10.1. The van der Waals surface area contributed by atoms with Crippen LogP contribution in [0.4, 0.5) is 0 Å². The molecule has 1 atom stereocenters. The summed E-state index contributed by atoms with van der Waals surface area (Å²) in [7, 11) is 0. The molecule has 0 spiro atoms. The molecule has 2 aromatic rings. The summed E-state index contributed by atoms with van der Waals surface area (Å²) in [5.74, 6) is 0.428. The van der Waals surface area contributed by atoms with Crippen molar-refractivity contribution >= 4 is 17.7 Å². The molecule has 124 valence electrons. The second-order valence-electron chi connectivity index (χ2n) is 6.07. The third-order valence-electron chi connectivity index (χ3n) is 3.78. The Labute approximate surface area is 141 Å². The SMILES string of the molecule is CSCC(C)(O)CNC(=O)c1cc(C)n(-c2ccccc2)c1C. The fourth-order valence-corrected chi connectivity index (χ4v) is 3.42. The maximum absolute atomic E-state index is 12.5. The number of thioether (sulfide) groups is 1. The summed E-state index contributed by atoms with van der Waals surface area (Å²) in [4.78, 5) is 12.5. The van der Waals surface area contributed by atoms with Gasteiger partial charge in [0.2, 0.25) is 0 Å². The first-order chi connectivity index (χ1) is 10.9. The van der Waals surface area contributed by atoms with Gasteiger partial charge in [0.1, 0.15) is 0 Å². The monoisotopic (exact) mass is 332 g/mol. The molecule has 1 heterocycles. The molecule has 2 N–H and O–H groups in total. The first-order valence-electron chi connectivity index (χ1n) is 7.59. The molecule has 0 fully saturated rings. The summed E-state index contributed by atoms with van der Waals surface area (Å²) in [6.45, 7) is 5.90. The highest BCUT2D eigenvalue weighted by Crippen LogP contribution is 2.20. The van der Waals surface area contributed by atoms with Crippen LogP contribution in [0.25, 0.3) is 5.69 Å². The number of hydrogen-bond donors (Lipinski definition) is 2. The van der Waals surface area contributed by atoms with Crippen molar-refractivity contribution in [3.05, 3.63) is 53.3 Å². The molecule has 0 aliphatic carbocycles. The fourth-order valence-electron chi connectivity index (χ4n) is 2.69. The standard InChI is InChI=1S/C18H24N2O2S/c1-13-10-16(17(21)19-11-18(3,22)12-23-4)14(2)20(13)15-8-6-5-7-9-15/h5-10,22H,11-12H2,1-4H3,(H,19,21). The number of nitrogens with one attached hydrogen (secondary N) is 1. The molecule has 0 saturated carbocycles. The van der Waals surface area contributed by atoms with Gasteiger partial charge in [0.05, 0.1) is 11.2 Å². The lowest BCUT2D eigenvalue weighted by Gasteiger charge is -2.22. The van der Waals surface area contributed by atoms with E-state index in [2.05, 4.69) is 9.88 Å². The van der Waals surface area contributed by atoms with E-state index in [1.165, 1.54) is 0 Å². The molecule has 0 aliphatic heterocycles. The zero-order valence-corrected chi connectivity index (χ0v) is 14.9. The van der Waals surface area contributed by atoms with E-state index >= 15 is 0 Å². The first kappa shape index (κ1) is 17.6. The largest absolute Gasteiger partial charge is 0.387 e. The quantitative estimate of drug-likeness (QED) is 0.855. The predicted octanol–water partition coefficient (Wildman–Crippen LogP) is 2.94. The average molecular weight is 332 g/mol. The van der Waals surface area contributed by atoms with E-state index in [4.69, 9.17) is 0 Å². The van der Waals surface area contributed by atoms with Gasteiger partial charge >= 0.3 is 0 Å². The Morgan fingerprint density at radius 1 is 1.30 bits per heavy atom. The molecule has 0 radical (unpaired) electrons. The highest BCUT2D eigenvalue weighted by atomic mass is 32.2. The van der Waals surface area contributed by atoms with Crippen molar-refractivity contribution in [2.45, 2.75) is 26.4 Å². The third-order valence-corrected chi connectivity index (χ3v) is 4.69. The van der Waals surface area contributed by atoms with Crippen LogP contribution in [0.15, 0.2) is 36.4 Å². The van der Waals surface area contributed by atoms with E-state index in [1.807, 2.05) is 56.5 Å². The lowest BCUT2D eigenvalue weighted by Crippen LogP contribution is -2.42. The Morgan fingerprint density at radius 3 is 2.57 bits per heavy atom. The molecule has 2 rings (SSSR count). The lowest BCUT2D eigenvalue weighted by molar-refractivity contribution is 0.0724. The summed E-state index contributed by atoms with van der Waals surface area (Å²) >= 11 is 1.56. The Hall–Kier alpha value is -1.72. The number of aromatic nitrogens is 1. The molecule has 1 unspecified atom stereocenters. The number of nitrogens with zero attached hydrogens (tertiary/aromatic N) is 1. The van der Waals surface area contributed by atoms with Crippen molar-refractivity contribution < 1.29 is 9.90 Å². The van der Waals surface area contributed by atoms with Crippen molar-refractivity contribution in [1.29, 1.82) is 0 Å².